The molecule has 111 valence electrons. The zero-order valence-corrected chi connectivity index (χ0v) is 14.0. The van der Waals surface area contributed by atoms with Gasteiger partial charge >= 0.3 is 124 Å². The molecule has 7 heteroatoms. The second-order valence-electron chi connectivity index (χ2n) is 5.62. The first-order chi connectivity index (χ1) is 9.42. The van der Waals surface area contributed by atoms with Gasteiger partial charge < -0.3 is 0 Å². The second-order valence-corrected chi connectivity index (χ2v) is 6.95. The van der Waals surface area contributed by atoms with Gasteiger partial charge in [0, 0.05) is 0 Å². The Balaban J connectivity index is 2.89. The van der Waals surface area contributed by atoms with Crippen molar-refractivity contribution in [1.82, 2.24) is 0 Å². The van der Waals surface area contributed by atoms with Crippen LogP contribution in [0.2, 0.25) is 0 Å². The van der Waals surface area contributed by atoms with Crippen molar-refractivity contribution in [1.29, 1.82) is 0 Å². The average Bonchev–Trinajstić information content (AvgIpc) is 2.40. The molecule has 0 aromatic carbocycles. The van der Waals surface area contributed by atoms with Crippen molar-refractivity contribution in [2.24, 2.45) is 11.8 Å². The van der Waals surface area contributed by atoms with Crippen LogP contribution in [0.5, 0.6) is 0 Å². The van der Waals surface area contributed by atoms with Gasteiger partial charge in [-0.25, -0.2) is 0 Å². The molecule has 0 spiro atoms. The molecule has 1 aliphatic heterocycles. The van der Waals surface area contributed by atoms with E-state index in [0.717, 1.165) is 13.5 Å². The van der Waals surface area contributed by atoms with Crippen molar-refractivity contribution in [3.05, 3.63) is 0 Å². The molecule has 20 heavy (non-hydrogen) atoms. The van der Waals surface area contributed by atoms with Crippen LogP contribution in [-0.4, -0.2) is 43.9 Å². The normalized spacial score (nSPS) is 35.5. The van der Waals surface area contributed by atoms with E-state index in [4.69, 9.17) is 9.47 Å². The van der Waals surface area contributed by atoms with Crippen LogP contribution in [0.4, 0.5) is 0 Å². The third kappa shape index (κ3) is 4.39. The minimum atomic E-state index is -0.277. The summed E-state index contributed by atoms with van der Waals surface area (Å²) in [5.74, 6) is 0.340. The monoisotopic (exact) mass is 297 g/mol. The van der Waals surface area contributed by atoms with Crippen LogP contribution in [-0.2, 0) is 19.0 Å². The predicted molar refractivity (Wildman–Crippen MR) is 82.8 cm³/mol. The molecule has 1 saturated heterocycles. The molecule has 1 fully saturated rings. The third-order valence-corrected chi connectivity index (χ3v) is 5.70. The van der Waals surface area contributed by atoms with Crippen LogP contribution < -0.4 is 0 Å². The molecule has 7 atom stereocenters. The Morgan fingerprint density at radius 2 is 2.10 bits per heavy atom. The van der Waals surface area contributed by atoms with Crippen LogP contribution in [0.25, 0.3) is 0 Å². The van der Waals surface area contributed by atoms with E-state index in [9.17, 15) is 9.50 Å². The van der Waals surface area contributed by atoms with Gasteiger partial charge in [0.2, 0.25) is 0 Å². The van der Waals surface area contributed by atoms with Gasteiger partial charge in [0.05, 0.1) is 0 Å². The van der Waals surface area contributed by atoms with Crippen molar-refractivity contribution in [2.45, 2.75) is 65.0 Å². The third-order valence-electron chi connectivity index (χ3n) is 4.14. The van der Waals surface area contributed by atoms with Gasteiger partial charge in [-0.1, -0.05) is 0 Å². The topological polar surface area (TPSA) is 52.6 Å². The summed E-state index contributed by atoms with van der Waals surface area (Å²) in [4.78, 5) is 11.3. The number of esters is 1. The van der Waals surface area contributed by atoms with Gasteiger partial charge in [-0.3, -0.25) is 0 Å². The molecule has 0 aromatic heterocycles. The quantitative estimate of drug-likeness (QED) is 0.427. The van der Waals surface area contributed by atoms with Gasteiger partial charge in [0.15, 0.2) is 0 Å². The summed E-state index contributed by atoms with van der Waals surface area (Å²) in [6.07, 6.45) is 0.812. The maximum absolute atomic E-state index is 11.3. The summed E-state index contributed by atoms with van der Waals surface area (Å²) < 4.78 is 22.2. The summed E-state index contributed by atoms with van der Waals surface area (Å²) >= 11 is 0. The van der Waals surface area contributed by atoms with Crippen LogP contribution >= 0.6 is 8.46 Å². The molecule has 0 aromatic rings. The SMILES string of the molecule is CC[C@H](C)C1OC(C)C(OC(C)=O)[C@@H](C)[C@@H]1P[B]B=O. The molecular weight excluding hydrogens is 273 g/mol. The maximum atomic E-state index is 11.3. The number of ether oxygens (including phenoxy) is 2. The number of carbonyl (C=O) groups is 1. The standard InChI is InChI=1S/C13H24B2O4P/c1-6-7(2)11-13(20-15-14-17)8(3)12(9(4)18-11)19-10(5)16/h7-9,11-13,20H,6H2,1-5H3/t7-,8+,9?,11?,12?,13-/m0/s1. The molecule has 0 saturated carbocycles. The van der Waals surface area contributed by atoms with E-state index in [0.29, 0.717) is 14.4 Å². The van der Waals surface area contributed by atoms with Crippen LogP contribution in [0.15, 0.2) is 0 Å². The van der Waals surface area contributed by atoms with Gasteiger partial charge in [-0.05, 0) is 0 Å². The summed E-state index contributed by atoms with van der Waals surface area (Å²) in [5, 5.41) is 0. The zero-order chi connectivity index (χ0) is 15.3. The van der Waals surface area contributed by atoms with Crippen LogP contribution in [0.3, 0.4) is 0 Å². The zero-order valence-electron chi connectivity index (χ0n) is 13.0. The van der Waals surface area contributed by atoms with Gasteiger partial charge in [0.25, 0.3) is 0 Å². The molecule has 4 unspecified atom stereocenters. The van der Waals surface area contributed by atoms with Crippen LogP contribution in [0, 0.1) is 11.8 Å². The Hall–Kier alpha value is -0.210. The molecule has 0 aliphatic carbocycles. The average molecular weight is 297 g/mol. The van der Waals surface area contributed by atoms with E-state index < -0.39 is 0 Å². The Bertz CT molecular complexity index is 342. The minimum absolute atomic E-state index is 0.106. The Morgan fingerprint density at radius 1 is 1.45 bits per heavy atom. The van der Waals surface area contributed by atoms with E-state index in [2.05, 4.69) is 20.8 Å². The first-order valence-electron chi connectivity index (χ1n) is 7.28. The van der Waals surface area contributed by atoms with Crippen molar-refractivity contribution < 1.29 is 19.0 Å². The second kappa shape index (κ2) is 8.29. The van der Waals surface area contributed by atoms with Crippen molar-refractivity contribution in [2.75, 3.05) is 0 Å². The van der Waals surface area contributed by atoms with Gasteiger partial charge in [-0.2, -0.15) is 0 Å². The Morgan fingerprint density at radius 3 is 2.60 bits per heavy atom. The summed E-state index contributed by atoms with van der Waals surface area (Å²) in [6.45, 7) is 11.5. The summed E-state index contributed by atoms with van der Waals surface area (Å²) in [5.41, 5.74) is 0.232. The molecule has 1 aliphatic rings. The van der Waals surface area contributed by atoms with E-state index in [1.807, 2.05) is 6.92 Å². The fourth-order valence-corrected chi connectivity index (χ4v) is 4.24. The first kappa shape index (κ1) is 17.8. The van der Waals surface area contributed by atoms with Crippen molar-refractivity contribution in [3.8, 4) is 0 Å². The number of rotatable bonds is 6. The molecule has 0 N–H and O–H groups in total. The summed E-state index contributed by atoms with van der Waals surface area (Å²) in [6, 6.07) is 0. The fourth-order valence-electron chi connectivity index (χ4n) is 2.85. The number of hydrogen-bond acceptors (Lipinski definition) is 4. The Kier molecular flexibility index (Phi) is 7.39. The molecule has 1 heterocycles. The number of carbonyl (C=O) groups excluding carboxylic acids is 1. The molecular formula is C13H24B2O4P. The molecule has 4 nitrogen and oxygen atoms in total. The van der Waals surface area contributed by atoms with Crippen LogP contribution in [0.1, 0.15) is 41.0 Å². The predicted octanol–water partition coefficient (Wildman–Crippen LogP) is 2.02. The molecule has 0 amide bonds. The number of hydrogen-bond donors (Lipinski definition) is 0. The van der Waals surface area contributed by atoms with Gasteiger partial charge in [0.1, 0.15) is 0 Å². The fraction of sp³-hybridized carbons (Fsp3) is 0.923. The Labute approximate surface area is 125 Å². The first-order valence-corrected chi connectivity index (χ1v) is 8.43. The van der Waals surface area contributed by atoms with Gasteiger partial charge in [-0.15, -0.1) is 0 Å². The molecule has 1 rings (SSSR count). The summed E-state index contributed by atoms with van der Waals surface area (Å²) in [7, 11) is 1.25. The van der Waals surface area contributed by atoms with E-state index in [-0.39, 0.29) is 35.9 Å². The van der Waals surface area contributed by atoms with E-state index in [1.54, 1.807) is 6.89 Å². The van der Waals surface area contributed by atoms with Crippen molar-refractivity contribution in [3.63, 3.8) is 0 Å². The molecule has 0 bridgehead atoms. The molecule has 1 radical (unpaired) electrons. The van der Waals surface area contributed by atoms with E-state index >= 15 is 0 Å². The van der Waals surface area contributed by atoms with E-state index in [1.165, 1.54) is 6.92 Å². The van der Waals surface area contributed by atoms with Crippen molar-refractivity contribution >= 4 is 28.4 Å².